The summed E-state index contributed by atoms with van der Waals surface area (Å²) in [7, 11) is 0. The molecule has 1 heterocycles. The molecule has 3 atom stereocenters. The van der Waals surface area contributed by atoms with E-state index in [1.807, 2.05) is 0 Å². The van der Waals surface area contributed by atoms with Crippen LogP contribution in [0.3, 0.4) is 0 Å². The van der Waals surface area contributed by atoms with Gasteiger partial charge in [-0.3, -0.25) is 4.79 Å². The first kappa shape index (κ1) is 11.4. The van der Waals surface area contributed by atoms with Gasteiger partial charge in [0.25, 0.3) is 0 Å². The second-order valence-corrected chi connectivity index (χ2v) is 4.27. The average Bonchev–Trinajstić information content (AvgIpc) is 1.94. The van der Waals surface area contributed by atoms with Gasteiger partial charge in [-0.05, 0) is 13.8 Å². The van der Waals surface area contributed by atoms with Crippen LogP contribution in [0, 0.1) is 0 Å². The number of aliphatic hydroxyl groups is 2. The molecule has 0 radical (unpaired) electrons. The lowest BCUT2D eigenvalue weighted by molar-refractivity contribution is -0.238. The number of carbonyl (C=O) groups excluding carboxylic acids is 1. The van der Waals surface area contributed by atoms with Crippen LogP contribution in [-0.2, 0) is 9.53 Å². The van der Waals surface area contributed by atoms with Crippen molar-refractivity contribution in [3.8, 4) is 0 Å². The van der Waals surface area contributed by atoms with Gasteiger partial charge in [-0.1, -0.05) is 0 Å². The Morgan fingerprint density at radius 1 is 1.50 bits per heavy atom. The summed E-state index contributed by atoms with van der Waals surface area (Å²) in [6.07, 6.45) is -1.55. The zero-order valence-electron chi connectivity index (χ0n) is 8.65. The van der Waals surface area contributed by atoms with Crippen LogP contribution >= 0.6 is 0 Å². The molecule has 0 aromatic heterocycles. The van der Waals surface area contributed by atoms with Gasteiger partial charge in [-0.25, -0.2) is 0 Å². The number of ether oxygens (including phenoxy) is 1. The molecule has 0 aliphatic carbocycles. The maximum Gasteiger partial charge on any atom is 0.217 e. The zero-order valence-corrected chi connectivity index (χ0v) is 8.65. The van der Waals surface area contributed by atoms with Crippen LogP contribution in [0.1, 0.15) is 27.2 Å². The first-order valence-electron chi connectivity index (χ1n) is 4.63. The second kappa shape index (κ2) is 3.84. The molecular weight excluding hydrogens is 186 g/mol. The third kappa shape index (κ3) is 2.67. The molecule has 5 heteroatoms. The van der Waals surface area contributed by atoms with Crippen molar-refractivity contribution >= 4 is 5.91 Å². The van der Waals surface area contributed by atoms with E-state index in [-0.39, 0.29) is 5.91 Å². The van der Waals surface area contributed by atoms with Crippen LogP contribution < -0.4 is 5.32 Å². The van der Waals surface area contributed by atoms with Crippen molar-refractivity contribution in [3.05, 3.63) is 0 Å². The monoisotopic (exact) mass is 203 g/mol. The molecule has 0 aromatic rings. The van der Waals surface area contributed by atoms with Gasteiger partial charge in [0.15, 0.2) is 6.29 Å². The number of hydrogen-bond acceptors (Lipinski definition) is 4. The molecule has 3 N–H and O–H groups in total. The number of hydrogen-bond donors (Lipinski definition) is 3. The normalized spacial score (nSPS) is 36.5. The molecule has 1 aliphatic heterocycles. The molecule has 1 amide bonds. The molecule has 1 saturated heterocycles. The van der Waals surface area contributed by atoms with Crippen molar-refractivity contribution in [2.45, 2.75) is 51.2 Å². The Hall–Kier alpha value is -0.650. The minimum atomic E-state index is -1.15. The molecule has 1 fully saturated rings. The summed E-state index contributed by atoms with van der Waals surface area (Å²) in [5, 5.41) is 21.7. The fourth-order valence-electron chi connectivity index (χ4n) is 1.67. The standard InChI is InChI=1S/C9H17NO4/c1-5(11)10-7-6(12)4-9(2,3)14-8(7)13/h6-8,12-13H,4H2,1-3H3,(H,10,11)/t6?,7?,8-/m1/s1. The SMILES string of the molecule is CC(=O)NC1C(O)CC(C)(C)O[C@H]1O. The minimum absolute atomic E-state index is 0.295. The van der Waals surface area contributed by atoms with Crippen molar-refractivity contribution in [1.82, 2.24) is 5.32 Å². The van der Waals surface area contributed by atoms with Crippen LogP contribution in [0.25, 0.3) is 0 Å². The van der Waals surface area contributed by atoms with Crippen molar-refractivity contribution in [2.75, 3.05) is 0 Å². The molecule has 0 bridgehead atoms. The number of amides is 1. The third-order valence-electron chi connectivity index (χ3n) is 2.23. The Bertz CT molecular complexity index is 215. The summed E-state index contributed by atoms with van der Waals surface area (Å²) >= 11 is 0. The van der Waals surface area contributed by atoms with Crippen molar-refractivity contribution in [2.24, 2.45) is 0 Å². The van der Waals surface area contributed by atoms with E-state index in [1.54, 1.807) is 13.8 Å². The van der Waals surface area contributed by atoms with Gasteiger partial charge in [0.2, 0.25) is 5.91 Å². The van der Waals surface area contributed by atoms with E-state index in [2.05, 4.69) is 5.32 Å². The maximum atomic E-state index is 10.8. The first-order valence-corrected chi connectivity index (χ1v) is 4.63. The summed E-state index contributed by atoms with van der Waals surface area (Å²) in [6.45, 7) is 4.89. The van der Waals surface area contributed by atoms with Crippen LogP contribution in [0.15, 0.2) is 0 Å². The quantitative estimate of drug-likeness (QED) is 0.530. The van der Waals surface area contributed by atoms with Gasteiger partial charge in [0.1, 0.15) is 6.04 Å². The summed E-state index contributed by atoms with van der Waals surface area (Å²) in [5.74, 6) is -0.295. The minimum Gasteiger partial charge on any atom is -0.391 e. The summed E-state index contributed by atoms with van der Waals surface area (Å²) in [5.41, 5.74) is -0.562. The third-order valence-corrected chi connectivity index (χ3v) is 2.23. The zero-order chi connectivity index (χ0) is 10.9. The highest BCUT2D eigenvalue weighted by molar-refractivity contribution is 5.73. The highest BCUT2D eigenvalue weighted by Crippen LogP contribution is 2.27. The van der Waals surface area contributed by atoms with E-state index in [4.69, 9.17) is 4.74 Å². The molecule has 0 saturated carbocycles. The molecule has 0 spiro atoms. The van der Waals surface area contributed by atoms with Gasteiger partial charge in [-0.15, -0.1) is 0 Å². The highest BCUT2D eigenvalue weighted by Gasteiger charge is 2.41. The number of carbonyl (C=O) groups is 1. The average molecular weight is 203 g/mol. The number of nitrogens with one attached hydrogen (secondary N) is 1. The fraction of sp³-hybridized carbons (Fsp3) is 0.889. The van der Waals surface area contributed by atoms with E-state index in [1.165, 1.54) is 6.92 Å². The molecule has 2 unspecified atom stereocenters. The molecule has 0 aromatic carbocycles. The van der Waals surface area contributed by atoms with Crippen LogP contribution in [0.2, 0.25) is 0 Å². The molecular formula is C9H17NO4. The van der Waals surface area contributed by atoms with Crippen molar-refractivity contribution < 1.29 is 19.7 Å². The van der Waals surface area contributed by atoms with Crippen LogP contribution in [0.4, 0.5) is 0 Å². The number of aliphatic hydroxyl groups excluding tert-OH is 2. The fourth-order valence-corrected chi connectivity index (χ4v) is 1.67. The van der Waals surface area contributed by atoms with Gasteiger partial charge in [0.05, 0.1) is 11.7 Å². The Balaban J connectivity index is 2.65. The molecule has 14 heavy (non-hydrogen) atoms. The first-order chi connectivity index (χ1) is 6.32. The van der Waals surface area contributed by atoms with E-state index < -0.39 is 24.0 Å². The lowest BCUT2D eigenvalue weighted by atomic mass is 9.92. The maximum absolute atomic E-state index is 10.8. The number of rotatable bonds is 1. The Morgan fingerprint density at radius 2 is 2.07 bits per heavy atom. The largest absolute Gasteiger partial charge is 0.391 e. The van der Waals surface area contributed by atoms with Gasteiger partial charge in [0, 0.05) is 13.3 Å². The topological polar surface area (TPSA) is 78.8 Å². The second-order valence-electron chi connectivity index (χ2n) is 4.27. The molecule has 1 aliphatic rings. The van der Waals surface area contributed by atoms with Crippen molar-refractivity contribution in [1.29, 1.82) is 0 Å². The molecule has 5 nitrogen and oxygen atoms in total. The Kier molecular flexibility index (Phi) is 3.14. The van der Waals surface area contributed by atoms with E-state index in [9.17, 15) is 15.0 Å². The molecule has 1 rings (SSSR count). The summed E-state index contributed by atoms with van der Waals surface area (Å²) < 4.78 is 5.24. The van der Waals surface area contributed by atoms with E-state index in [0.717, 1.165) is 0 Å². The van der Waals surface area contributed by atoms with Crippen molar-refractivity contribution in [3.63, 3.8) is 0 Å². The van der Waals surface area contributed by atoms with Crippen LogP contribution in [-0.4, -0.2) is 40.2 Å². The van der Waals surface area contributed by atoms with Gasteiger partial charge < -0.3 is 20.3 Å². The van der Waals surface area contributed by atoms with Gasteiger partial charge >= 0.3 is 0 Å². The summed E-state index contributed by atoms with van der Waals surface area (Å²) in [6, 6.07) is -0.736. The van der Waals surface area contributed by atoms with E-state index >= 15 is 0 Å². The van der Waals surface area contributed by atoms with Gasteiger partial charge in [-0.2, -0.15) is 0 Å². The smallest absolute Gasteiger partial charge is 0.217 e. The molecule has 82 valence electrons. The van der Waals surface area contributed by atoms with E-state index in [0.29, 0.717) is 6.42 Å². The summed E-state index contributed by atoms with van der Waals surface area (Å²) in [4.78, 5) is 10.8. The van der Waals surface area contributed by atoms with Crippen LogP contribution in [0.5, 0.6) is 0 Å². The Labute approximate surface area is 83.1 Å². The lowest BCUT2D eigenvalue weighted by Crippen LogP contribution is -2.59. The highest BCUT2D eigenvalue weighted by atomic mass is 16.6. The predicted molar refractivity (Wildman–Crippen MR) is 49.4 cm³/mol. The Morgan fingerprint density at radius 3 is 2.50 bits per heavy atom. The lowest BCUT2D eigenvalue weighted by Gasteiger charge is -2.41. The predicted octanol–water partition coefficient (Wildman–Crippen LogP) is -0.631.